The average molecular weight is 325 g/mol. The Morgan fingerprint density at radius 2 is 2.05 bits per heavy atom. The largest absolute Gasteiger partial charge is 0.390 e. The van der Waals surface area contributed by atoms with Gasteiger partial charge in [-0.3, -0.25) is 9.69 Å². The molecule has 0 radical (unpaired) electrons. The molecule has 1 unspecified atom stereocenters. The van der Waals surface area contributed by atoms with E-state index in [0.29, 0.717) is 29.8 Å². The van der Waals surface area contributed by atoms with Crippen LogP contribution in [0.15, 0.2) is 11.6 Å². The monoisotopic (exact) mass is 325 g/mol. The summed E-state index contributed by atoms with van der Waals surface area (Å²) in [5.41, 5.74) is 0. The number of amides is 1. The van der Waals surface area contributed by atoms with Gasteiger partial charge in [0.05, 0.1) is 18.2 Å². The van der Waals surface area contributed by atoms with Crippen LogP contribution < -0.4 is 5.32 Å². The van der Waals surface area contributed by atoms with E-state index in [0.717, 1.165) is 19.5 Å². The molecule has 0 aromatic carbocycles. The summed E-state index contributed by atoms with van der Waals surface area (Å²) in [6.07, 6.45) is 2.44. The third-order valence-electron chi connectivity index (χ3n) is 4.93. The number of anilines is 1. The number of carbonyl (C=O) groups is 1. The highest BCUT2D eigenvalue weighted by molar-refractivity contribution is 7.13. The highest BCUT2D eigenvalue weighted by Crippen LogP contribution is 2.37. The Balaban J connectivity index is 1.63. The van der Waals surface area contributed by atoms with E-state index in [1.165, 1.54) is 11.3 Å². The fraction of sp³-hybridized carbons (Fsp3) is 0.733. The zero-order valence-corrected chi connectivity index (χ0v) is 13.5. The SMILES string of the molecule is CCC(C(=O)Nc1nccs1)N1C[C@H]2C[C@H](O)[C@H](O)C[C@H]2C1. The maximum Gasteiger partial charge on any atom is 0.243 e. The van der Waals surface area contributed by atoms with E-state index in [1.807, 2.05) is 12.3 Å². The first kappa shape index (κ1) is 15.9. The van der Waals surface area contributed by atoms with Crippen LogP contribution in [-0.2, 0) is 4.79 Å². The molecule has 2 fully saturated rings. The molecule has 1 amide bonds. The number of fused-ring (bicyclic) bond motifs is 1. The van der Waals surface area contributed by atoms with Crippen molar-refractivity contribution in [3.05, 3.63) is 11.6 Å². The van der Waals surface area contributed by atoms with Crippen molar-refractivity contribution in [2.75, 3.05) is 18.4 Å². The van der Waals surface area contributed by atoms with Crippen molar-refractivity contribution in [2.45, 2.75) is 44.4 Å². The summed E-state index contributed by atoms with van der Waals surface area (Å²) in [6.45, 7) is 3.65. The van der Waals surface area contributed by atoms with Crippen LogP contribution >= 0.6 is 11.3 Å². The van der Waals surface area contributed by atoms with Crippen molar-refractivity contribution in [1.29, 1.82) is 0 Å². The van der Waals surface area contributed by atoms with Crippen molar-refractivity contribution in [3.63, 3.8) is 0 Å². The van der Waals surface area contributed by atoms with Crippen LogP contribution in [0, 0.1) is 11.8 Å². The van der Waals surface area contributed by atoms with Gasteiger partial charge in [0.1, 0.15) is 0 Å². The van der Waals surface area contributed by atoms with Gasteiger partial charge in [-0.15, -0.1) is 11.3 Å². The summed E-state index contributed by atoms with van der Waals surface area (Å²) in [7, 11) is 0. The minimum atomic E-state index is -0.620. The molecule has 2 heterocycles. The Labute approximate surface area is 134 Å². The minimum Gasteiger partial charge on any atom is -0.390 e. The van der Waals surface area contributed by atoms with Crippen LogP contribution in [0.2, 0.25) is 0 Å². The Morgan fingerprint density at radius 3 is 2.55 bits per heavy atom. The zero-order chi connectivity index (χ0) is 15.7. The number of thiazole rings is 1. The summed E-state index contributed by atoms with van der Waals surface area (Å²) in [5.74, 6) is 0.734. The summed E-state index contributed by atoms with van der Waals surface area (Å²) in [6, 6.07) is -0.177. The molecule has 1 aliphatic heterocycles. The Kier molecular flexibility index (Phi) is 4.77. The standard InChI is InChI=1S/C15H23N3O3S/c1-2-11(14(21)17-15-16-3-4-22-15)18-7-9-5-12(19)13(20)6-10(9)8-18/h3-4,9-13,19-20H,2,5-8H2,1H3,(H,16,17,21)/t9-,10+,11?,12+,13-. The van der Waals surface area contributed by atoms with Gasteiger partial charge >= 0.3 is 0 Å². The van der Waals surface area contributed by atoms with E-state index in [4.69, 9.17) is 0 Å². The number of hydrogen-bond donors (Lipinski definition) is 3. The molecule has 1 aromatic heterocycles. The number of nitrogens with zero attached hydrogens (tertiary/aromatic N) is 2. The van der Waals surface area contributed by atoms with Gasteiger partial charge in [-0.25, -0.2) is 4.98 Å². The molecule has 1 aliphatic carbocycles. The fourth-order valence-electron chi connectivity index (χ4n) is 3.78. The lowest BCUT2D eigenvalue weighted by Crippen LogP contribution is -2.42. The summed E-state index contributed by atoms with van der Waals surface area (Å²) >= 11 is 1.41. The summed E-state index contributed by atoms with van der Waals surface area (Å²) in [5, 5.41) is 25.0. The maximum absolute atomic E-state index is 12.5. The Morgan fingerprint density at radius 1 is 1.41 bits per heavy atom. The average Bonchev–Trinajstić information content (AvgIpc) is 3.10. The van der Waals surface area contributed by atoms with Crippen LogP contribution in [0.4, 0.5) is 5.13 Å². The van der Waals surface area contributed by atoms with Crippen LogP contribution in [0.25, 0.3) is 0 Å². The highest BCUT2D eigenvalue weighted by Gasteiger charge is 2.43. The van der Waals surface area contributed by atoms with Crippen molar-refractivity contribution >= 4 is 22.4 Å². The molecular formula is C15H23N3O3S. The molecule has 5 atom stereocenters. The second-order valence-electron chi connectivity index (χ2n) is 6.33. The quantitative estimate of drug-likeness (QED) is 0.766. The molecule has 122 valence electrons. The van der Waals surface area contributed by atoms with Crippen molar-refractivity contribution < 1.29 is 15.0 Å². The number of hydrogen-bond acceptors (Lipinski definition) is 6. The van der Waals surface area contributed by atoms with Gasteiger partial charge < -0.3 is 15.5 Å². The lowest BCUT2D eigenvalue weighted by Gasteiger charge is -2.32. The van der Waals surface area contributed by atoms with Gasteiger partial charge in [0, 0.05) is 24.7 Å². The second-order valence-corrected chi connectivity index (χ2v) is 7.23. The van der Waals surface area contributed by atoms with Crippen molar-refractivity contribution in [2.24, 2.45) is 11.8 Å². The molecule has 22 heavy (non-hydrogen) atoms. The first-order valence-electron chi connectivity index (χ1n) is 7.89. The first-order valence-corrected chi connectivity index (χ1v) is 8.77. The fourth-order valence-corrected chi connectivity index (χ4v) is 4.31. The van der Waals surface area contributed by atoms with Gasteiger partial charge in [-0.2, -0.15) is 0 Å². The lowest BCUT2D eigenvalue weighted by atomic mass is 9.79. The normalized spacial score (nSPS) is 33.4. The second kappa shape index (κ2) is 6.62. The highest BCUT2D eigenvalue weighted by atomic mass is 32.1. The van der Waals surface area contributed by atoms with Gasteiger partial charge in [-0.1, -0.05) is 6.92 Å². The summed E-state index contributed by atoms with van der Waals surface area (Å²) in [4.78, 5) is 18.8. The van der Waals surface area contributed by atoms with E-state index in [2.05, 4.69) is 15.2 Å². The predicted molar refractivity (Wildman–Crippen MR) is 84.6 cm³/mol. The molecule has 0 bridgehead atoms. The van der Waals surface area contributed by atoms with Gasteiger partial charge in [-0.05, 0) is 31.1 Å². The number of carbonyl (C=O) groups excluding carboxylic acids is 1. The number of nitrogens with one attached hydrogen (secondary N) is 1. The lowest BCUT2D eigenvalue weighted by molar-refractivity contribution is -0.121. The van der Waals surface area contributed by atoms with Gasteiger partial charge in [0.15, 0.2) is 5.13 Å². The molecule has 1 saturated heterocycles. The zero-order valence-electron chi connectivity index (χ0n) is 12.7. The molecule has 0 spiro atoms. The van der Waals surface area contributed by atoms with E-state index >= 15 is 0 Å². The van der Waals surface area contributed by atoms with E-state index < -0.39 is 12.2 Å². The Hall–Kier alpha value is -1.02. The van der Waals surface area contributed by atoms with Crippen LogP contribution in [0.3, 0.4) is 0 Å². The van der Waals surface area contributed by atoms with E-state index in [9.17, 15) is 15.0 Å². The molecular weight excluding hydrogens is 302 g/mol. The summed E-state index contributed by atoms with van der Waals surface area (Å²) < 4.78 is 0. The van der Waals surface area contributed by atoms with E-state index in [-0.39, 0.29) is 11.9 Å². The molecule has 1 aromatic rings. The smallest absolute Gasteiger partial charge is 0.243 e. The molecule has 7 heteroatoms. The van der Waals surface area contributed by atoms with Crippen LogP contribution in [0.1, 0.15) is 26.2 Å². The topological polar surface area (TPSA) is 85.7 Å². The van der Waals surface area contributed by atoms with Crippen molar-refractivity contribution in [1.82, 2.24) is 9.88 Å². The van der Waals surface area contributed by atoms with Crippen LogP contribution in [-0.4, -0.2) is 57.3 Å². The number of likely N-dealkylation sites (tertiary alicyclic amines) is 1. The number of aromatic nitrogens is 1. The van der Waals surface area contributed by atoms with Crippen molar-refractivity contribution in [3.8, 4) is 0 Å². The van der Waals surface area contributed by atoms with Gasteiger partial charge in [0.25, 0.3) is 0 Å². The molecule has 3 N–H and O–H groups in total. The van der Waals surface area contributed by atoms with Crippen LogP contribution in [0.5, 0.6) is 0 Å². The number of aliphatic hydroxyl groups is 2. The predicted octanol–water partition coefficient (Wildman–Crippen LogP) is 0.924. The third kappa shape index (κ3) is 3.17. The maximum atomic E-state index is 12.5. The van der Waals surface area contributed by atoms with E-state index in [1.54, 1.807) is 6.20 Å². The molecule has 6 nitrogen and oxygen atoms in total. The Bertz CT molecular complexity index is 492. The minimum absolute atomic E-state index is 0.0165. The number of rotatable bonds is 4. The molecule has 2 aliphatic rings. The molecule has 1 saturated carbocycles. The number of aliphatic hydroxyl groups excluding tert-OH is 2. The third-order valence-corrected chi connectivity index (χ3v) is 5.62. The molecule has 3 rings (SSSR count). The van der Waals surface area contributed by atoms with Gasteiger partial charge in [0.2, 0.25) is 5.91 Å². The first-order chi connectivity index (χ1) is 10.6.